The van der Waals surface area contributed by atoms with Gasteiger partial charge in [0.2, 0.25) is 5.56 Å². The van der Waals surface area contributed by atoms with E-state index in [9.17, 15) is 4.79 Å². The highest BCUT2D eigenvalue weighted by molar-refractivity contribution is 5.85. The minimum absolute atomic E-state index is 0. The maximum atomic E-state index is 10.7. The summed E-state index contributed by atoms with van der Waals surface area (Å²) in [6.07, 6.45) is 1.60. The Balaban J connectivity index is 0. The lowest BCUT2D eigenvalue weighted by atomic mass is 10.1. The first-order valence-electron chi connectivity index (χ1n) is 3.14. The fraction of sp³-hybridized carbons (Fsp3) is 0.286. The summed E-state index contributed by atoms with van der Waals surface area (Å²) < 4.78 is 0. The molecule has 12 heavy (non-hydrogen) atoms. The number of halogens is 2. The van der Waals surface area contributed by atoms with Gasteiger partial charge in [0.05, 0.1) is 0 Å². The molecule has 70 valence electrons. The lowest BCUT2D eigenvalue weighted by Gasteiger charge is -2.01. The molecule has 1 heterocycles. The van der Waals surface area contributed by atoms with E-state index in [0.717, 1.165) is 5.56 Å². The summed E-state index contributed by atoms with van der Waals surface area (Å²) in [6.45, 7) is 1.84. The summed E-state index contributed by atoms with van der Waals surface area (Å²) in [6, 6.07) is 3.23. The molecule has 1 rings (SSSR count). The summed E-state index contributed by atoms with van der Waals surface area (Å²) >= 11 is 0. The predicted octanol–water partition coefficient (Wildman–Crippen LogP) is 1.24. The standard InChI is InChI=1S/C7H10N2O.2ClH/c1-5(8)6-2-3-9-7(10)4-6;;/h2-5H,8H2,1H3,(H,9,10);2*1H/t5-;;/m0../s1. The average Bonchev–Trinajstić information content (AvgIpc) is 1.88. The van der Waals surface area contributed by atoms with E-state index in [-0.39, 0.29) is 36.4 Å². The van der Waals surface area contributed by atoms with Crippen LogP contribution in [-0.4, -0.2) is 4.98 Å². The van der Waals surface area contributed by atoms with Gasteiger partial charge in [0, 0.05) is 18.3 Å². The van der Waals surface area contributed by atoms with Crippen molar-refractivity contribution in [2.24, 2.45) is 5.73 Å². The smallest absolute Gasteiger partial charge is 0.248 e. The van der Waals surface area contributed by atoms with Crippen molar-refractivity contribution in [3.63, 3.8) is 0 Å². The Morgan fingerprint density at radius 2 is 2.08 bits per heavy atom. The fourth-order valence-electron chi connectivity index (χ4n) is 0.744. The zero-order valence-corrected chi connectivity index (χ0v) is 8.24. The molecule has 1 atom stereocenters. The quantitative estimate of drug-likeness (QED) is 0.734. The van der Waals surface area contributed by atoms with Gasteiger partial charge >= 0.3 is 0 Å². The molecular formula is C7H12Cl2N2O. The summed E-state index contributed by atoms with van der Waals surface area (Å²) in [5, 5.41) is 0. The first-order chi connectivity index (χ1) is 4.70. The molecule has 0 aliphatic heterocycles. The lowest BCUT2D eigenvalue weighted by molar-refractivity contribution is 0.813. The van der Waals surface area contributed by atoms with Gasteiger partial charge in [-0.3, -0.25) is 4.79 Å². The van der Waals surface area contributed by atoms with Crippen LogP contribution in [0.15, 0.2) is 23.1 Å². The maximum absolute atomic E-state index is 10.7. The van der Waals surface area contributed by atoms with Crippen LogP contribution in [0.2, 0.25) is 0 Å². The number of pyridine rings is 1. The van der Waals surface area contributed by atoms with E-state index in [1.54, 1.807) is 12.3 Å². The summed E-state index contributed by atoms with van der Waals surface area (Å²) in [4.78, 5) is 13.2. The second-order valence-electron chi connectivity index (χ2n) is 2.27. The van der Waals surface area contributed by atoms with Gasteiger partial charge in [0.1, 0.15) is 0 Å². The van der Waals surface area contributed by atoms with Gasteiger partial charge in [-0.15, -0.1) is 24.8 Å². The highest BCUT2D eigenvalue weighted by Crippen LogP contribution is 2.03. The van der Waals surface area contributed by atoms with E-state index < -0.39 is 0 Å². The van der Waals surface area contributed by atoms with Crippen molar-refractivity contribution in [2.75, 3.05) is 0 Å². The monoisotopic (exact) mass is 210 g/mol. The van der Waals surface area contributed by atoms with Gasteiger partial charge in [-0.1, -0.05) is 0 Å². The lowest BCUT2D eigenvalue weighted by Crippen LogP contribution is -2.10. The Labute approximate surface area is 83.2 Å². The number of hydrogen-bond acceptors (Lipinski definition) is 2. The van der Waals surface area contributed by atoms with Gasteiger partial charge < -0.3 is 10.7 Å². The van der Waals surface area contributed by atoms with Crippen molar-refractivity contribution in [3.8, 4) is 0 Å². The summed E-state index contributed by atoms with van der Waals surface area (Å²) in [5.41, 5.74) is 6.29. The molecule has 0 saturated heterocycles. The van der Waals surface area contributed by atoms with Crippen LogP contribution in [-0.2, 0) is 0 Å². The number of hydrogen-bond donors (Lipinski definition) is 2. The Morgan fingerprint density at radius 3 is 2.42 bits per heavy atom. The molecule has 5 heteroatoms. The third-order valence-corrected chi connectivity index (χ3v) is 1.32. The molecular weight excluding hydrogens is 199 g/mol. The van der Waals surface area contributed by atoms with Crippen molar-refractivity contribution in [1.82, 2.24) is 4.98 Å². The summed E-state index contributed by atoms with van der Waals surface area (Å²) in [7, 11) is 0. The Bertz CT molecular complexity index is 272. The maximum Gasteiger partial charge on any atom is 0.248 e. The molecule has 3 nitrogen and oxygen atoms in total. The second-order valence-corrected chi connectivity index (χ2v) is 2.27. The number of H-pyrrole nitrogens is 1. The van der Waals surface area contributed by atoms with E-state index in [1.807, 2.05) is 6.92 Å². The van der Waals surface area contributed by atoms with E-state index in [2.05, 4.69) is 4.98 Å². The van der Waals surface area contributed by atoms with Gasteiger partial charge in [-0.2, -0.15) is 0 Å². The number of nitrogens with two attached hydrogens (primary N) is 1. The number of aromatic nitrogens is 1. The first-order valence-corrected chi connectivity index (χ1v) is 3.14. The minimum atomic E-state index is -0.102. The van der Waals surface area contributed by atoms with Gasteiger partial charge in [-0.25, -0.2) is 0 Å². The first kappa shape index (κ1) is 14.0. The van der Waals surface area contributed by atoms with E-state index >= 15 is 0 Å². The summed E-state index contributed by atoms with van der Waals surface area (Å²) in [5.74, 6) is 0. The van der Waals surface area contributed by atoms with Crippen LogP contribution < -0.4 is 11.3 Å². The molecule has 0 fully saturated rings. The molecule has 0 amide bonds. The van der Waals surface area contributed by atoms with Crippen molar-refractivity contribution in [3.05, 3.63) is 34.2 Å². The molecule has 0 spiro atoms. The van der Waals surface area contributed by atoms with E-state index in [4.69, 9.17) is 5.73 Å². The third-order valence-electron chi connectivity index (χ3n) is 1.32. The SMILES string of the molecule is C[C@H](N)c1cc[nH]c(=O)c1.Cl.Cl. The molecule has 0 saturated carbocycles. The van der Waals surface area contributed by atoms with Gasteiger partial charge in [0.25, 0.3) is 0 Å². The minimum Gasteiger partial charge on any atom is -0.329 e. The number of aromatic amines is 1. The van der Waals surface area contributed by atoms with Crippen LogP contribution in [0, 0.1) is 0 Å². The highest BCUT2D eigenvalue weighted by Gasteiger charge is 1.96. The molecule has 0 aliphatic carbocycles. The Kier molecular flexibility index (Phi) is 7.09. The predicted molar refractivity (Wildman–Crippen MR) is 54.2 cm³/mol. The van der Waals surface area contributed by atoms with Crippen molar-refractivity contribution in [2.45, 2.75) is 13.0 Å². The van der Waals surface area contributed by atoms with Crippen LogP contribution in [0.4, 0.5) is 0 Å². The van der Waals surface area contributed by atoms with Gasteiger partial charge in [-0.05, 0) is 18.6 Å². The van der Waals surface area contributed by atoms with E-state index in [1.165, 1.54) is 6.07 Å². The van der Waals surface area contributed by atoms with Crippen LogP contribution in [0.3, 0.4) is 0 Å². The molecule has 0 aromatic carbocycles. The number of nitrogens with one attached hydrogen (secondary N) is 1. The Hall–Kier alpha value is -0.510. The van der Waals surface area contributed by atoms with Gasteiger partial charge in [0.15, 0.2) is 0 Å². The fourth-order valence-corrected chi connectivity index (χ4v) is 0.744. The van der Waals surface area contributed by atoms with Crippen LogP contribution in [0.1, 0.15) is 18.5 Å². The van der Waals surface area contributed by atoms with Crippen LogP contribution in [0.25, 0.3) is 0 Å². The zero-order chi connectivity index (χ0) is 7.56. The van der Waals surface area contributed by atoms with Crippen LogP contribution in [0.5, 0.6) is 0 Å². The van der Waals surface area contributed by atoms with E-state index in [0.29, 0.717) is 0 Å². The Morgan fingerprint density at radius 1 is 1.50 bits per heavy atom. The molecule has 3 N–H and O–H groups in total. The third kappa shape index (κ3) is 3.76. The van der Waals surface area contributed by atoms with Crippen molar-refractivity contribution >= 4 is 24.8 Å². The molecule has 0 radical (unpaired) electrons. The second kappa shape index (κ2) is 6.06. The molecule has 0 aliphatic rings. The van der Waals surface area contributed by atoms with Crippen LogP contribution >= 0.6 is 24.8 Å². The van der Waals surface area contributed by atoms with Crippen molar-refractivity contribution in [1.29, 1.82) is 0 Å². The molecule has 0 unspecified atom stereocenters. The normalized spacial score (nSPS) is 10.8. The average molecular weight is 211 g/mol. The zero-order valence-electron chi connectivity index (χ0n) is 6.61. The highest BCUT2D eigenvalue weighted by atomic mass is 35.5. The molecule has 1 aromatic heterocycles. The molecule has 1 aromatic rings. The largest absolute Gasteiger partial charge is 0.329 e. The molecule has 0 bridgehead atoms. The topological polar surface area (TPSA) is 58.9 Å². The van der Waals surface area contributed by atoms with Crippen molar-refractivity contribution < 1.29 is 0 Å². The number of rotatable bonds is 1.